The predicted molar refractivity (Wildman–Crippen MR) is 105 cm³/mol. The number of thiazole rings is 1. The van der Waals surface area contributed by atoms with Gasteiger partial charge in [-0.3, -0.25) is 14.7 Å². The highest BCUT2D eigenvalue weighted by atomic mass is 79.9. The van der Waals surface area contributed by atoms with Gasteiger partial charge in [-0.2, -0.15) is 0 Å². The minimum Gasteiger partial charge on any atom is -0.330 e. The fraction of sp³-hybridized carbons (Fsp3) is 0.111. The van der Waals surface area contributed by atoms with Crippen LogP contribution in [0, 0.1) is 0 Å². The van der Waals surface area contributed by atoms with Crippen molar-refractivity contribution in [2.24, 2.45) is 7.05 Å². The van der Waals surface area contributed by atoms with Crippen LogP contribution in [0.25, 0.3) is 10.2 Å². The van der Waals surface area contributed by atoms with Gasteiger partial charge < -0.3 is 4.57 Å². The van der Waals surface area contributed by atoms with Gasteiger partial charge in [0.2, 0.25) is 0 Å². The minimum atomic E-state index is -0.207. The molecular weight excluding hydrogens is 414 g/mol. The molecule has 0 aliphatic heterocycles. The van der Waals surface area contributed by atoms with Gasteiger partial charge in [0, 0.05) is 30.1 Å². The maximum absolute atomic E-state index is 13.1. The first kappa shape index (κ1) is 16.9. The van der Waals surface area contributed by atoms with E-state index in [4.69, 9.17) is 0 Å². The molecule has 0 saturated carbocycles. The van der Waals surface area contributed by atoms with Crippen LogP contribution in [0.4, 0.5) is 5.13 Å². The number of benzene rings is 1. The lowest BCUT2D eigenvalue weighted by molar-refractivity contribution is 0.0972. The normalized spacial score (nSPS) is 11.0. The topological polar surface area (TPSA) is 63.9 Å². The molecule has 0 saturated heterocycles. The Balaban J connectivity index is 1.78. The van der Waals surface area contributed by atoms with Crippen molar-refractivity contribution in [3.8, 4) is 0 Å². The number of hydrogen-bond acceptors (Lipinski definition) is 5. The Bertz CT molecular complexity index is 1080. The number of pyridine rings is 1. The highest BCUT2D eigenvalue weighted by Crippen LogP contribution is 2.32. The molecule has 0 spiro atoms. The Morgan fingerprint density at radius 1 is 1.23 bits per heavy atom. The molecule has 0 aliphatic rings. The standard InChI is InChI=1S/C18H14BrN5OS/c1-23-9-8-21-16(23)17(25)24(11-13-4-2-3-7-20-13)18-22-14-6-5-12(19)10-15(14)26-18/h2-10H,11H2,1H3. The summed E-state index contributed by atoms with van der Waals surface area (Å²) in [6, 6.07) is 11.5. The van der Waals surface area contributed by atoms with E-state index in [9.17, 15) is 4.79 Å². The summed E-state index contributed by atoms with van der Waals surface area (Å²) in [5, 5.41) is 0.622. The van der Waals surface area contributed by atoms with Crippen molar-refractivity contribution in [1.82, 2.24) is 19.5 Å². The quantitative estimate of drug-likeness (QED) is 0.492. The lowest BCUT2D eigenvalue weighted by Crippen LogP contribution is -2.32. The smallest absolute Gasteiger partial charge is 0.296 e. The number of amides is 1. The lowest BCUT2D eigenvalue weighted by atomic mass is 10.3. The van der Waals surface area contributed by atoms with Crippen LogP contribution in [0.1, 0.15) is 16.3 Å². The summed E-state index contributed by atoms with van der Waals surface area (Å²) in [6.45, 7) is 0.327. The number of imidazole rings is 1. The summed E-state index contributed by atoms with van der Waals surface area (Å²) in [5.41, 5.74) is 1.64. The molecule has 130 valence electrons. The van der Waals surface area contributed by atoms with Crippen LogP contribution in [0.2, 0.25) is 0 Å². The maximum atomic E-state index is 13.1. The van der Waals surface area contributed by atoms with Crippen molar-refractivity contribution in [2.45, 2.75) is 6.54 Å². The van der Waals surface area contributed by atoms with Crippen molar-refractivity contribution in [3.63, 3.8) is 0 Å². The SMILES string of the molecule is Cn1ccnc1C(=O)N(Cc1ccccn1)c1nc2ccc(Br)cc2s1. The number of rotatable bonds is 4. The Labute approximate surface area is 162 Å². The molecule has 4 rings (SSSR count). The molecule has 0 bridgehead atoms. The van der Waals surface area contributed by atoms with Gasteiger partial charge in [0.25, 0.3) is 5.91 Å². The molecule has 6 nitrogen and oxygen atoms in total. The third kappa shape index (κ3) is 3.25. The molecule has 8 heteroatoms. The Hall–Kier alpha value is -2.58. The van der Waals surface area contributed by atoms with Crippen LogP contribution < -0.4 is 4.90 Å². The van der Waals surface area contributed by atoms with Crippen molar-refractivity contribution in [1.29, 1.82) is 0 Å². The van der Waals surface area contributed by atoms with Gasteiger partial charge in [-0.05, 0) is 30.3 Å². The average molecular weight is 428 g/mol. The van der Waals surface area contributed by atoms with Crippen molar-refractivity contribution < 1.29 is 4.79 Å². The summed E-state index contributed by atoms with van der Waals surface area (Å²) in [6.07, 6.45) is 5.08. The van der Waals surface area contributed by atoms with Gasteiger partial charge in [0.05, 0.1) is 22.5 Å². The lowest BCUT2D eigenvalue weighted by Gasteiger charge is -2.19. The van der Waals surface area contributed by atoms with E-state index in [1.807, 2.05) is 36.4 Å². The summed E-state index contributed by atoms with van der Waals surface area (Å²) in [4.78, 5) is 28.0. The summed E-state index contributed by atoms with van der Waals surface area (Å²) < 4.78 is 3.69. The zero-order valence-corrected chi connectivity index (χ0v) is 16.2. The van der Waals surface area contributed by atoms with E-state index >= 15 is 0 Å². The van der Waals surface area contributed by atoms with Crippen LogP contribution in [0.5, 0.6) is 0 Å². The third-order valence-corrected chi connectivity index (χ3v) is 5.41. The highest BCUT2D eigenvalue weighted by Gasteiger charge is 2.25. The van der Waals surface area contributed by atoms with E-state index in [1.54, 1.807) is 35.1 Å². The van der Waals surface area contributed by atoms with Crippen LogP contribution in [-0.4, -0.2) is 25.4 Å². The molecule has 3 heterocycles. The predicted octanol–water partition coefficient (Wildman–Crippen LogP) is 4.03. The van der Waals surface area contributed by atoms with Crippen molar-refractivity contribution in [3.05, 3.63) is 71.0 Å². The molecule has 0 N–H and O–H groups in total. The van der Waals surface area contributed by atoms with Gasteiger partial charge in [0.15, 0.2) is 11.0 Å². The summed E-state index contributed by atoms with van der Waals surface area (Å²) in [5.74, 6) is 0.155. The molecule has 1 amide bonds. The number of carbonyl (C=O) groups is 1. The Morgan fingerprint density at radius 3 is 2.85 bits per heavy atom. The van der Waals surface area contributed by atoms with E-state index in [-0.39, 0.29) is 5.91 Å². The highest BCUT2D eigenvalue weighted by molar-refractivity contribution is 9.10. The molecular formula is C18H14BrN5OS. The molecule has 26 heavy (non-hydrogen) atoms. The fourth-order valence-corrected chi connectivity index (χ4v) is 4.09. The van der Waals surface area contributed by atoms with Gasteiger partial charge in [-0.15, -0.1) is 0 Å². The number of aromatic nitrogens is 4. The number of nitrogens with zero attached hydrogens (tertiary/aromatic N) is 5. The van der Waals surface area contributed by atoms with Crippen molar-refractivity contribution in [2.75, 3.05) is 4.90 Å². The number of halogens is 1. The largest absolute Gasteiger partial charge is 0.330 e. The monoisotopic (exact) mass is 427 g/mol. The Kier molecular flexibility index (Phi) is 4.52. The van der Waals surface area contributed by atoms with E-state index in [0.717, 1.165) is 20.4 Å². The minimum absolute atomic E-state index is 0.207. The van der Waals surface area contributed by atoms with Gasteiger partial charge in [-0.1, -0.05) is 33.3 Å². The van der Waals surface area contributed by atoms with E-state index in [2.05, 4.69) is 30.9 Å². The van der Waals surface area contributed by atoms with Gasteiger partial charge in [0.1, 0.15) is 0 Å². The van der Waals surface area contributed by atoms with E-state index in [1.165, 1.54) is 11.3 Å². The molecule has 0 atom stereocenters. The number of fused-ring (bicyclic) bond motifs is 1. The van der Waals surface area contributed by atoms with Crippen LogP contribution in [0.15, 0.2) is 59.5 Å². The number of hydrogen-bond donors (Lipinski definition) is 0. The second-order valence-corrected chi connectivity index (χ2v) is 7.61. The van der Waals surface area contributed by atoms with Crippen LogP contribution in [0.3, 0.4) is 0 Å². The number of aryl methyl sites for hydroxylation is 1. The molecule has 0 radical (unpaired) electrons. The van der Waals surface area contributed by atoms with Crippen LogP contribution in [-0.2, 0) is 13.6 Å². The molecule has 3 aromatic heterocycles. The molecule has 1 aromatic carbocycles. The summed E-state index contributed by atoms with van der Waals surface area (Å²) >= 11 is 4.95. The van der Waals surface area contributed by atoms with Crippen molar-refractivity contribution >= 4 is 48.5 Å². The first-order valence-electron chi connectivity index (χ1n) is 7.87. The fourth-order valence-electron chi connectivity index (χ4n) is 2.57. The first-order valence-corrected chi connectivity index (χ1v) is 9.48. The molecule has 0 fully saturated rings. The number of carbonyl (C=O) groups excluding carboxylic acids is 1. The number of anilines is 1. The zero-order valence-electron chi connectivity index (χ0n) is 13.8. The Morgan fingerprint density at radius 2 is 2.12 bits per heavy atom. The first-order chi connectivity index (χ1) is 12.6. The molecule has 0 aliphatic carbocycles. The third-order valence-electron chi connectivity index (χ3n) is 3.87. The zero-order chi connectivity index (χ0) is 18.1. The second kappa shape index (κ2) is 6.97. The van der Waals surface area contributed by atoms with E-state index < -0.39 is 0 Å². The molecule has 0 unspecified atom stereocenters. The van der Waals surface area contributed by atoms with E-state index in [0.29, 0.717) is 17.5 Å². The van der Waals surface area contributed by atoms with Crippen LogP contribution >= 0.6 is 27.3 Å². The average Bonchev–Trinajstić information content (AvgIpc) is 3.25. The molecule has 4 aromatic rings. The maximum Gasteiger partial charge on any atom is 0.296 e. The van der Waals surface area contributed by atoms with Gasteiger partial charge in [-0.25, -0.2) is 9.97 Å². The summed E-state index contributed by atoms with van der Waals surface area (Å²) in [7, 11) is 1.80. The second-order valence-electron chi connectivity index (χ2n) is 5.68. The van der Waals surface area contributed by atoms with Gasteiger partial charge >= 0.3 is 0 Å².